The summed E-state index contributed by atoms with van der Waals surface area (Å²) in [6.45, 7) is 1.86. The lowest BCUT2D eigenvalue weighted by atomic mass is 10.1. The van der Waals surface area contributed by atoms with Gasteiger partial charge in [-0.1, -0.05) is 48.5 Å². The van der Waals surface area contributed by atoms with Gasteiger partial charge in [0.05, 0.1) is 19.3 Å². The predicted molar refractivity (Wildman–Crippen MR) is 95.0 cm³/mol. The fraction of sp³-hybridized carbons (Fsp3) is 0.381. The van der Waals surface area contributed by atoms with Gasteiger partial charge in [-0.3, -0.25) is 4.79 Å². The SMILES string of the molecule is O=C(c1ccccc1)N1CCO[C@]12CC[C@@H](OCc1ccccc1)C2. The first kappa shape index (κ1) is 16.3. The van der Waals surface area contributed by atoms with Crippen LogP contribution in [-0.4, -0.2) is 35.8 Å². The van der Waals surface area contributed by atoms with Crippen molar-refractivity contribution in [2.45, 2.75) is 37.7 Å². The minimum absolute atomic E-state index is 0.0572. The molecule has 0 bridgehead atoms. The summed E-state index contributed by atoms with van der Waals surface area (Å²) in [6, 6.07) is 19.7. The Bertz CT molecular complexity index is 718. The average molecular weight is 337 g/mol. The van der Waals surface area contributed by atoms with Crippen molar-refractivity contribution in [3.63, 3.8) is 0 Å². The van der Waals surface area contributed by atoms with E-state index in [1.54, 1.807) is 0 Å². The highest BCUT2D eigenvalue weighted by atomic mass is 16.5. The Morgan fingerprint density at radius 1 is 1.12 bits per heavy atom. The Morgan fingerprint density at radius 2 is 1.84 bits per heavy atom. The second-order valence-corrected chi connectivity index (χ2v) is 6.78. The predicted octanol–water partition coefficient (Wildman–Crippen LogP) is 3.62. The summed E-state index contributed by atoms with van der Waals surface area (Å²) < 4.78 is 12.2. The van der Waals surface area contributed by atoms with Crippen molar-refractivity contribution in [1.82, 2.24) is 4.90 Å². The molecule has 2 atom stereocenters. The number of rotatable bonds is 4. The summed E-state index contributed by atoms with van der Waals surface area (Å²) in [5.41, 5.74) is 1.41. The highest BCUT2D eigenvalue weighted by Gasteiger charge is 2.50. The van der Waals surface area contributed by atoms with E-state index >= 15 is 0 Å². The number of ether oxygens (including phenoxy) is 2. The van der Waals surface area contributed by atoms with E-state index in [4.69, 9.17) is 9.47 Å². The van der Waals surface area contributed by atoms with Gasteiger partial charge in [0.25, 0.3) is 5.91 Å². The maximum atomic E-state index is 12.9. The van der Waals surface area contributed by atoms with Gasteiger partial charge in [0.1, 0.15) is 5.72 Å². The summed E-state index contributed by atoms with van der Waals surface area (Å²) in [6.07, 6.45) is 2.64. The molecule has 0 unspecified atom stereocenters. The van der Waals surface area contributed by atoms with E-state index in [2.05, 4.69) is 12.1 Å². The zero-order valence-corrected chi connectivity index (χ0v) is 14.3. The van der Waals surface area contributed by atoms with E-state index in [1.807, 2.05) is 53.4 Å². The van der Waals surface area contributed by atoms with Gasteiger partial charge < -0.3 is 14.4 Å². The molecule has 1 spiro atoms. The summed E-state index contributed by atoms with van der Waals surface area (Å²) in [5, 5.41) is 0. The van der Waals surface area contributed by atoms with Crippen molar-refractivity contribution in [2.24, 2.45) is 0 Å². The van der Waals surface area contributed by atoms with Crippen LogP contribution in [0.5, 0.6) is 0 Å². The molecule has 4 nitrogen and oxygen atoms in total. The van der Waals surface area contributed by atoms with Gasteiger partial charge in [-0.15, -0.1) is 0 Å². The lowest BCUT2D eigenvalue weighted by molar-refractivity contribution is -0.0754. The molecule has 130 valence electrons. The molecule has 2 aromatic carbocycles. The number of hydrogen-bond donors (Lipinski definition) is 0. The molecule has 1 saturated carbocycles. The van der Waals surface area contributed by atoms with Crippen LogP contribution in [0.15, 0.2) is 60.7 Å². The second-order valence-electron chi connectivity index (χ2n) is 6.78. The second kappa shape index (κ2) is 6.98. The molecule has 1 aliphatic heterocycles. The third-order valence-corrected chi connectivity index (χ3v) is 5.18. The molecular weight excluding hydrogens is 314 g/mol. The van der Waals surface area contributed by atoms with E-state index in [0.29, 0.717) is 19.8 Å². The van der Waals surface area contributed by atoms with Crippen LogP contribution in [0.3, 0.4) is 0 Å². The molecule has 2 aromatic rings. The van der Waals surface area contributed by atoms with Crippen molar-refractivity contribution < 1.29 is 14.3 Å². The van der Waals surface area contributed by atoms with Crippen molar-refractivity contribution in [2.75, 3.05) is 13.2 Å². The van der Waals surface area contributed by atoms with E-state index in [9.17, 15) is 4.79 Å². The zero-order chi connectivity index (χ0) is 17.1. The van der Waals surface area contributed by atoms with Crippen molar-refractivity contribution in [1.29, 1.82) is 0 Å². The number of amides is 1. The molecule has 1 amide bonds. The van der Waals surface area contributed by atoms with Crippen molar-refractivity contribution >= 4 is 5.91 Å². The van der Waals surface area contributed by atoms with Gasteiger partial charge >= 0.3 is 0 Å². The van der Waals surface area contributed by atoms with E-state index in [1.165, 1.54) is 5.56 Å². The van der Waals surface area contributed by atoms with Crippen molar-refractivity contribution in [3.8, 4) is 0 Å². The van der Waals surface area contributed by atoms with Gasteiger partial charge in [-0.25, -0.2) is 0 Å². The highest BCUT2D eigenvalue weighted by molar-refractivity contribution is 5.94. The van der Waals surface area contributed by atoms with Crippen LogP contribution in [0.1, 0.15) is 35.2 Å². The largest absolute Gasteiger partial charge is 0.373 e. The van der Waals surface area contributed by atoms with Crippen LogP contribution in [-0.2, 0) is 16.1 Å². The zero-order valence-electron chi connectivity index (χ0n) is 14.3. The lowest BCUT2D eigenvalue weighted by Gasteiger charge is -2.33. The number of nitrogens with zero attached hydrogens (tertiary/aromatic N) is 1. The summed E-state index contributed by atoms with van der Waals surface area (Å²) in [7, 11) is 0. The summed E-state index contributed by atoms with van der Waals surface area (Å²) in [5.74, 6) is 0.0572. The van der Waals surface area contributed by atoms with E-state index < -0.39 is 5.72 Å². The molecule has 1 saturated heterocycles. The third kappa shape index (κ3) is 3.32. The molecular formula is C21H23NO3. The normalized spacial score (nSPS) is 25.6. The minimum atomic E-state index is -0.492. The molecule has 4 rings (SSSR count). The Balaban J connectivity index is 1.42. The van der Waals surface area contributed by atoms with Gasteiger partial charge in [0.15, 0.2) is 0 Å². The Kier molecular flexibility index (Phi) is 4.55. The minimum Gasteiger partial charge on any atom is -0.373 e. The molecule has 25 heavy (non-hydrogen) atoms. The van der Waals surface area contributed by atoms with E-state index in [-0.39, 0.29) is 12.0 Å². The fourth-order valence-corrected chi connectivity index (χ4v) is 3.88. The van der Waals surface area contributed by atoms with Crippen molar-refractivity contribution in [3.05, 3.63) is 71.8 Å². The van der Waals surface area contributed by atoms with E-state index in [0.717, 1.165) is 24.8 Å². The third-order valence-electron chi connectivity index (χ3n) is 5.18. The Hall–Kier alpha value is -2.17. The lowest BCUT2D eigenvalue weighted by Crippen LogP contribution is -2.46. The summed E-state index contributed by atoms with van der Waals surface area (Å²) in [4.78, 5) is 14.8. The molecule has 2 fully saturated rings. The number of benzene rings is 2. The monoisotopic (exact) mass is 337 g/mol. The Labute approximate surface area is 148 Å². The number of carbonyl (C=O) groups excluding carboxylic acids is 1. The van der Waals surface area contributed by atoms with Gasteiger partial charge in [-0.2, -0.15) is 0 Å². The number of carbonyl (C=O) groups is 1. The average Bonchev–Trinajstić information content (AvgIpc) is 3.28. The van der Waals surface area contributed by atoms with Gasteiger partial charge in [-0.05, 0) is 30.5 Å². The van der Waals surface area contributed by atoms with Gasteiger partial charge in [0.2, 0.25) is 0 Å². The first-order chi connectivity index (χ1) is 12.3. The molecule has 1 aliphatic carbocycles. The standard InChI is InChI=1S/C21H23NO3/c23-20(18-9-5-2-6-10-18)22-13-14-25-21(22)12-11-19(15-21)24-16-17-7-3-1-4-8-17/h1-10,19H,11-16H2/t19-,21+/m1/s1. The molecule has 0 aromatic heterocycles. The smallest absolute Gasteiger partial charge is 0.256 e. The molecule has 0 N–H and O–H groups in total. The Morgan fingerprint density at radius 3 is 2.60 bits per heavy atom. The van der Waals surface area contributed by atoms with Crippen LogP contribution >= 0.6 is 0 Å². The molecule has 2 aliphatic rings. The van der Waals surface area contributed by atoms with Crippen LogP contribution < -0.4 is 0 Å². The van der Waals surface area contributed by atoms with Gasteiger partial charge in [0, 0.05) is 18.5 Å². The van der Waals surface area contributed by atoms with Crippen LogP contribution in [0.25, 0.3) is 0 Å². The molecule has 1 heterocycles. The van der Waals surface area contributed by atoms with Crippen LogP contribution in [0.2, 0.25) is 0 Å². The first-order valence-electron chi connectivity index (χ1n) is 8.93. The maximum Gasteiger partial charge on any atom is 0.256 e. The first-order valence-corrected chi connectivity index (χ1v) is 8.93. The number of hydrogen-bond acceptors (Lipinski definition) is 3. The molecule has 4 heteroatoms. The fourth-order valence-electron chi connectivity index (χ4n) is 3.88. The summed E-state index contributed by atoms with van der Waals surface area (Å²) >= 11 is 0. The highest BCUT2D eigenvalue weighted by Crippen LogP contribution is 2.41. The maximum absolute atomic E-state index is 12.9. The topological polar surface area (TPSA) is 38.8 Å². The quantitative estimate of drug-likeness (QED) is 0.855. The molecule has 0 radical (unpaired) electrons. The van der Waals surface area contributed by atoms with Crippen LogP contribution in [0.4, 0.5) is 0 Å². The van der Waals surface area contributed by atoms with Crippen LogP contribution in [0, 0.1) is 0 Å².